The zero-order chi connectivity index (χ0) is 18.5. The van der Waals surface area contributed by atoms with E-state index in [9.17, 15) is 9.59 Å². The van der Waals surface area contributed by atoms with Crippen molar-refractivity contribution in [3.8, 4) is 0 Å². The molecule has 0 saturated carbocycles. The van der Waals surface area contributed by atoms with Gasteiger partial charge in [-0.05, 0) is 30.9 Å². The van der Waals surface area contributed by atoms with Crippen LogP contribution in [-0.4, -0.2) is 52.9 Å². The van der Waals surface area contributed by atoms with Gasteiger partial charge >= 0.3 is 0 Å². The van der Waals surface area contributed by atoms with Gasteiger partial charge in [0.15, 0.2) is 5.16 Å². The Morgan fingerprint density at radius 1 is 1.38 bits per heavy atom. The van der Waals surface area contributed by atoms with Crippen molar-refractivity contribution in [2.24, 2.45) is 5.92 Å². The smallest absolute Gasteiger partial charge is 0.262 e. The fraction of sp³-hybridized carbons (Fsp3) is 0.526. The number of para-hydroxylation sites is 1. The van der Waals surface area contributed by atoms with Crippen LogP contribution in [0.4, 0.5) is 0 Å². The lowest BCUT2D eigenvalue weighted by Crippen LogP contribution is -2.40. The Kier molecular flexibility index (Phi) is 6.32. The maximum atomic E-state index is 12.8. The first kappa shape index (κ1) is 18.9. The van der Waals surface area contributed by atoms with Gasteiger partial charge in [0, 0.05) is 20.2 Å². The van der Waals surface area contributed by atoms with E-state index in [-0.39, 0.29) is 11.5 Å². The van der Waals surface area contributed by atoms with Crippen LogP contribution in [0.3, 0.4) is 0 Å². The van der Waals surface area contributed by atoms with E-state index < -0.39 is 0 Å². The van der Waals surface area contributed by atoms with Crippen molar-refractivity contribution in [2.45, 2.75) is 31.5 Å². The second kappa shape index (κ2) is 8.68. The normalized spacial score (nSPS) is 17.6. The number of thioether (sulfide) groups is 1. The molecule has 0 radical (unpaired) electrons. The molecular weight excluding hydrogens is 350 g/mol. The second-order valence-electron chi connectivity index (χ2n) is 6.74. The molecule has 0 N–H and O–H groups in total. The number of aromatic nitrogens is 2. The molecule has 6 nitrogen and oxygen atoms in total. The Morgan fingerprint density at radius 2 is 2.19 bits per heavy atom. The molecule has 2 aromatic rings. The van der Waals surface area contributed by atoms with Crippen molar-refractivity contribution in [1.82, 2.24) is 14.5 Å². The van der Waals surface area contributed by atoms with E-state index in [0.717, 1.165) is 19.5 Å². The molecule has 1 unspecified atom stereocenters. The van der Waals surface area contributed by atoms with Crippen LogP contribution in [0.2, 0.25) is 0 Å². The van der Waals surface area contributed by atoms with Crippen LogP contribution in [0.1, 0.15) is 19.8 Å². The number of nitrogens with zero attached hydrogens (tertiary/aromatic N) is 3. The van der Waals surface area contributed by atoms with E-state index in [1.165, 1.54) is 18.2 Å². The van der Waals surface area contributed by atoms with E-state index >= 15 is 0 Å². The van der Waals surface area contributed by atoms with Gasteiger partial charge in [0.1, 0.15) is 0 Å². The number of hydrogen-bond acceptors (Lipinski definition) is 5. The van der Waals surface area contributed by atoms with E-state index in [1.807, 2.05) is 23.1 Å². The number of fused-ring (bicyclic) bond motifs is 1. The molecule has 1 atom stereocenters. The first-order valence-electron chi connectivity index (χ1n) is 8.99. The minimum absolute atomic E-state index is 0.0887. The quantitative estimate of drug-likeness (QED) is 0.573. The summed E-state index contributed by atoms with van der Waals surface area (Å²) in [5.41, 5.74) is 0.571. The molecule has 0 spiro atoms. The molecule has 3 rings (SSSR count). The third-order valence-corrected chi connectivity index (χ3v) is 5.64. The van der Waals surface area contributed by atoms with Gasteiger partial charge in [0.05, 0.1) is 29.8 Å². The van der Waals surface area contributed by atoms with Gasteiger partial charge in [-0.1, -0.05) is 30.8 Å². The van der Waals surface area contributed by atoms with Crippen LogP contribution >= 0.6 is 11.8 Å². The zero-order valence-electron chi connectivity index (χ0n) is 15.3. The molecule has 1 fully saturated rings. The van der Waals surface area contributed by atoms with Gasteiger partial charge < -0.3 is 9.64 Å². The number of benzene rings is 1. The highest BCUT2D eigenvalue weighted by Gasteiger charge is 2.21. The number of likely N-dealkylation sites (tertiary alicyclic amines) is 1. The van der Waals surface area contributed by atoms with Crippen molar-refractivity contribution in [1.29, 1.82) is 0 Å². The van der Waals surface area contributed by atoms with Crippen LogP contribution in [-0.2, 0) is 16.1 Å². The first-order valence-corrected chi connectivity index (χ1v) is 9.98. The average molecular weight is 375 g/mol. The summed E-state index contributed by atoms with van der Waals surface area (Å²) in [6.07, 6.45) is 2.24. The average Bonchev–Trinajstić information content (AvgIpc) is 2.65. The number of amides is 1. The first-order chi connectivity index (χ1) is 12.6. The number of methoxy groups -OCH3 is 1. The number of carbonyl (C=O) groups excluding carboxylic acids is 1. The summed E-state index contributed by atoms with van der Waals surface area (Å²) < 4.78 is 6.74. The van der Waals surface area contributed by atoms with E-state index in [0.29, 0.717) is 40.9 Å². The SMILES string of the molecule is COCCn1c(SCC(=O)N2CCCC(C)C2)nc2ccccc2c1=O. The number of rotatable bonds is 6. The molecule has 0 aliphatic carbocycles. The maximum absolute atomic E-state index is 12.8. The summed E-state index contributed by atoms with van der Waals surface area (Å²) in [7, 11) is 1.60. The van der Waals surface area contributed by atoms with Gasteiger partial charge in [-0.25, -0.2) is 4.98 Å². The maximum Gasteiger partial charge on any atom is 0.262 e. The summed E-state index contributed by atoms with van der Waals surface area (Å²) in [6.45, 7) is 4.67. The zero-order valence-corrected chi connectivity index (χ0v) is 16.1. The van der Waals surface area contributed by atoms with Crippen molar-refractivity contribution in [2.75, 3.05) is 32.6 Å². The van der Waals surface area contributed by atoms with Crippen molar-refractivity contribution < 1.29 is 9.53 Å². The Hall–Kier alpha value is -1.86. The molecule has 1 aliphatic heterocycles. The fourth-order valence-electron chi connectivity index (χ4n) is 3.27. The predicted molar refractivity (Wildman–Crippen MR) is 104 cm³/mol. The number of carbonyl (C=O) groups is 1. The summed E-state index contributed by atoms with van der Waals surface area (Å²) in [4.78, 5) is 31.9. The third-order valence-electron chi connectivity index (χ3n) is 4.68. The van der Waals surface area contributed by atoms with Crippen LogP contribution < -0.4 is 5.56 Å². The lowest BCUT2D eigenvalue weighted by molar-refractivity contribution is -0.130. The Morgan fingerprint density at radius 3 is 2.96 bits per heavy atom. The van der Waals surface area contributed by atoms with Crippen molar-refractivity contribution >= 4 is 28.6 Å². The van der Waals surface area contributed by atoms with Gasteiger partial charge in [-0.2, -0.15) is 0 Å². The minimum Gasteiger partial charge on any atom is -0.383 e. The van der Waals surface area contributed by atoms with E-state index in [4.69, 9.17) is 4.74 Å². The van der Waals surface area contributed by atoms with Gasteiger partial charge in [0.25, 0.3) is 5.56 Å². The highest BCUT2D eigenvalue weighted by molar-refractivity contribution is 7.99. The Labute approximate surface area is 157 Å². The summed E-state index contributed by atoms with van der Waals surface area (Å²) in [5, 5.41) is 1.16. The predicted octanol–water partition coefficient (Wildman–Crippen LogP) is 2.39. The molecular formula is C19H25N3O3S. The molecule has 1 saturated heterocycles. The molecule has 26 heavy (non-hydrogen) atoms. The highest BCUT2D eigenvalue weighted by atomic mass is 32.2. The van der Waals surface area contributed by atoms with Crippen LogP contribution in [0.5, 0.6) is 0 Å². The summed E-state index contributed by atoms with van der Waals surface area (Å²) >= 11 is 1.33. The molecule has 2 heterocycles. The molecule has 1 aromatic heterocycles. The van der Waals surface area contributed by atoms with Gasteiger partial charge in [-0.3, -0.25) is 14.2 Å². The highest BCUT2D eigenvalue weighted by Crippen LogP contribution is 2.21. The van der Waals surface area contributed by atoms with Crippen LogP contribution in [0, 0.1) is 5.92 Å². The molecule has 1 aliphatic rings. The third kappa shape index (κ3) is 4.27. The van der Waals surface area contributed by atoms with E-state index in [1.54, 1.807) is 17.7 Å². The largest absolute Gasteiger partial charge is 0.383 e. The van der Waals surface area contributed by atoms with Crippen molar-refractivity contribution in [3.05, 3.63) is 34.6 Å². The molecule has 1 amide bonds. The number of piperidine rings is 1. The van der Waals surface area contributed by atoms with Gasteiger partial charge in [0.2, 0.25) is 5.91 Å². The van der Waals surface area contributed by atoms with Crippen LogP contribution in [0.15, 0.2) is 34.2 Å². The van der Waals surface area contributed by atoms with Crippen molar-refractivity contribution in [3.63, 3.8) is 0 Å². The second-order valence-corrected chi connectivity index (χ2v) is 7.68. The molecule has 140 valence electrons. The lowest BCUT2D eigenvalue weighted by Gasteiger charge is -2.30. The topological polar surface area (TPSA) is 64.4 Å². The molecule has 0 bridgehead atoms. The molecule has 7 heteroatoms. The summed E-state index contributed by atoms with van der Waals surface area (Å²) in [5.74, 6) is 0.962. The fourth-order valence-corrected chi connectivity index (χ4v) is 4.20. The number of hydrogen-bond donors (Lipinski definition) is 0. The lowest BCUT2D eigenvalue weighted by atomic mass is 10.0. The Balaban J connectivity index is 1.81. The molecule has 1 aromatic carbocycles. The van der Waals surface area contributed by atoms with Crippen LogP contribution in [0.25, 0.3) is 10.9 Å². The number of ether oxygens (including phenoxy) is 1. The van der Waals surface area contributed by atoms with E-state index in [2.05, 4.69) is 11.9 Å². The Bertz CT molecular complexity index is 836. The van der Waals surface area contributed by atoms with Gasteiger partial charge in [-0.15, -0.1) is 0 Å². The summed E-state index contributed by atoms with van der Waals surface area (Å²) in [6, 6.07) is 7.31. The minimum atomic E-state index is -0.0887. The monoisotopic (exact) mass is 375 g/mol. The standard InChI is InChI=1S/C19H25N3O3S/c1-14-6-5-9-21(12-14)17(23)13-26-19-20-16-8-4-3-7-15(16)18(24)22(19)10-11-25-2/h3-4,7-8,14H,5-6,9-13H2,1-2H3.